The second kappa shape index (κ2) is 4.84. The molecule has 0 aromatic carbocycles. The van der Waals surface area contributed by atoms with Gasteiger partial charge in [0.2, 0.25) is 0 Å². The first-order valence-electron chi connectivity index (χ1n) is 6.28. The third-order valence-electron chi connectivity index (χ3n) is 3.64. The number of hydrogen-bond donors (Lipinski definition) is 2. The van der Waals surface area contributed by atoms with Crippen molar-refractivity contribution in [3.8, 4) is 0 Å². The van der Waals surface area contributed by atoms with Crippen LogP contribution in [0.4, 0.5) is 11.5 Å². The Morgan fingerprint density at radius 1 is 1.44 bits per heavy atom. The highest BCUT2D eigenvalue weighted by Crippen LogP contribution is 2.32. The Hall–Kier alpha value is -1.78. The van der Waals surface area contributed by atoms with Crippen LogP contribution in [0.15, 0.2) is 12.3 Å². The van der Waals surface area contributed by atoms with Crippen LogP contribution in [0.1, 0.15) is 43.5 Å². The first-order valence-corrected chi connectivity index (χ1v) is 6.28. The lowest BCUT2D eigenvalue weighted by molar-refractivity contribution is 0.0698. The van der Waals surface area contributed by atoms with E-state index >= 15 is 0 Å². The molecule has 0 saturated carbocycles. The van der Waals surface area contributed by atoms with Gasteiger partial charge in [-0.2, -0.15) is 0 Å². The molecule has 5 nitrogen and oxygen atoms in total. The molecule has 3 N–H and O–H groups in total. The van der Waals surface area contributed by atoms with Gasteiger partial charge in [0.15, 0.2) is 5.82 Å². The summed E-state index contributed by atoms with van der Waals surface area (Å²) >= 11 is 0. The molecule has 0 radical (unpaired) electrons. The van der Waals surface area contributed by atoms with Crippen LogP contribution in [0.2, 0.25) is 0 Å². The summed E-state index contributed by atoms with van der Waals surface area (Å²) in [6.07, 6.45) is 4.88. The van der Waals surface area contributed by atoms with Crippen molar-refractivity contribution in [2.45, 2.75) is 45.2 Å². The summed E-state index contributed by atoms with van der Waals surface area (Å²) in [6, 6.07) is 2.13. The first kappa shape index (κ1) is 12.7. The normalized spacial score (nSPS) is 24.0. The monoisotopic (exact) mass is 249 g/mol. The van der Waals surface area contributed by atoms with E-state index in [0.717, 1.165) is 12.8 Å². The Morgan fingerprint density at radius 3 is 2.61 bits per heavy atom. The summed E-state index contributed by atoms with van der Waals surface area (Å²) in [7, 11) is 0. The Bertz CT molecular complexity index is 452. The number of nitrogen functional groups attached to an aromatic ring is 1. The highest BCUT2D eigenvalue weighted by atomic mass is 16.4. The molecule has 0 amide bonds. The summed E-state index contributed by atoms with van der Waals surface area (Å²) in [4.78, 5) is 17.5. The smallest absolute Gasteiger partial charge is 0.337 e. The van der Waals surface area contributed by atoms with Gasteiger partial charge in [0, 0.05) is 18.3 Å². The molecule has 2 atom stereocenters. The SMILES string of the molecule is CC1CCCC(C)N1c1nccc(C(=O)O)c1N. The fraction of sp³-hybridized carbons (Fsp3) is 0.538. The van der Waals surface area contributed by atoms with Crippen LogP contribution in [-0.2, 0) is 0 Å². The Labute approximate surface area is 107 Å². The fourth-order valence-corrected chi connectivity index (χ4v) is 2.69. The average Bonchev–Trinajstić information content (AvgIpc) is 2.30. The number of nitrogens with two attached hydrogens (primary N) is 1. The summed E-state index contributed by atoms with van der Waals surface area (Å²) < 4.78 is 0. The zero-order valence-corrected chi connectivity index (χ0v) is 10.8. The maximum Gasteiger partial charge on any atom is 0.337 e. The number of piperidine rings is 1. The molecule has 0 aliphatic carbocycles. The molecule has 1 fully saturated rings. The van der Waals surface area contributed by atoms with E-state index in [0.29, 0.717) is 17.9 Å². The number of hydrogen-bond acceptors (Lipinski definition) is 4. The molecule has 18 heavy (non-hydrogen) atoms. The third kappa shape index (κ3) is 2.12. The molecule has 1 aromatic heterocycles. The number of aromatic carboxylic acids is 1. The van der Waals surface area contributed by atoms with Crippen molar-refractivity contribution < 1.29 is 9.90 Å². The van der Waals surface area contributed by atoms with Crippen molar-refractivity contribution in [1.82, 2.24) is 4.98 Å². The van der Waals surface area contributed by atoms with Crippen LogP contribution >= 0.6 is 0 Å². The van der Waals surface area contributed by atoms with E-state index in [-0.39, 0.29) is 11.3 Å². The second-order valence-electron chi connectivity index (χ2n) is 4.94. The lowest BCUT2D eigenvalue weighted by Crippen LogP contribution is -2.44. The molecule has 2 heterocycles. The van der Waals surface area contributed by atoms with Gasteiger partial charge < -0.3 is 15.7 Å². The quantitative estimate of drug-likeness (QED) is 0.839. The van der Waals surface area contributed by atoms with Crippen molar-refractivity contribution >= 4 is 17.5 Å². The zero-order chi connectivity index (χ0) is 13.3. The minimum absolute atomic E-state index is 0.130. The highest BCUT2D eigenvalue weighted by molar-refractivity contribution is 5.96. The summed E-state index contributed by atoms with van der Waals surface area (Å²) in [5, 5.41) is 9.09. The van der Waals surface area contributed by atoms with E-state index in [4.69, 9.17) is 10.8 Å². The number of nitrogens with zero attached hydrogens (tertiary/aromatic N) is 2. The molecular formula is C13H19N3O2. The number of aromatic nitrogens is 1. The van der Waals surface area contributed by atoms with Gasteiger partial charge in [0.1, 0.15) is 0 Å². The van der Waals surface area contributed by atoms with E-state index in [1.807, 2.05) is 0 Å². The molecule has 1 aliphatic heterocycles. The summed E-state index contributed by atoms with van der Waals surface area (Å²) in [5.74, 6) is -0.400. The predicted octanol–water partition coefficient (Wildman–Crippen LogP) is 2.13. The molecular weight excluding hydrogens is 230 g/mol. The van der Waals surface area contributed by atoms with Gasteiger partial charge in [-0.25, -0.2) is 9.78 Å². The topological polar surface area (TPSA) is 79.5 Å². The summed E-state index contributed by atoms with van der Waals surface area (Å²) in [6.45, 7) is 4.26. The van der Waals surface area contributed by atoms with Crippen LogP contribution in [-0.4, -0.2) is 28.1 Å². The Morgan fingerprint density at radius 2 is 2.06 bits per heavy atom. The molecule has 1 aromatic rings. The number of carboxylic acid groups (broad SMARTS) is 1. The first-order chi connectivity index (χ1) is 8.52. The van der Waals surface area contributed by atoms with Crippen molar-refractivity contribution in [2.75, 3.05) is 10.6 Å². The van der Waals surface area contributed by atoms with E-state index in [1.165, 1.54) is 18.7 Å². The van der Waals surface area contributed by atoms with E-state index in [1.54, 1.807) is 0 Å². The lowest BCUT2D eigenvalue weighted by atomic mass is 9.97. The largest absolute Gasteiger partial charge is 0.478 e. The molecule has 5 heteroatoms. The maximum absolute atomic E-state index is 11.1. The molecule has 0 spiro atoms. The zero-order valence-electron chi connectivity index (χ0n) is 10.8. The third-order valence-corrected chi connectivity index (χ3v) is 3.64. The molecule has 2 unspecified atom stereocenters. The molecule has 2 rings (SSSR count). The van der Waals surface area contributed by atoms with Crippen LogP contribution < -0.4 is 10.6 Å². The standard InChI is InChI=1S/C13H19N3O2/c1-8-4-3-5-9(2)16(8)12-11(14)10(13(17)18)6-7-15-12/h6-9H,3-5,14H2,1-2H3,(H,17,18). The lowest BCUT2D eigenvalue weighted by Gasteiger charge is -2.40. The van der Waals surface area contributed by atoms with Gasteiger partial charge >= 0.3 is 5.97 Å². The van der Waals surface area contributed by atoms with Gasteiger partial charge in [-0.15, -0.1) is 0 Å². The molecule has 1 aliphatic rings. The second-order valence-corrected chi connectivity index (χ2v) is 4.94. The van der Waals surface area contributed by atoms with Gasteiger partial charge in [-0.05, 0) is 39.2 Å². The van der Waals surface area contributed by atoms with Crippen molar-refractivity contribution in [2.24, 2.45) is 0 Å². The number of anilines is 2. The van der Waals surface area contributed by atoms with Gasteiger partial charge in [-0.3, -0.25) is 0 Å². The summed E-state index contributed by atoms with van der Waals surface area (Å²) in [5.41, 5.74) is 6.35. The maximum atomic E-state index is 11.1. The van der Waals surface area contributed by atoms with E-state index in [9.17, 15) is 4.79 Å². The molecule has 0 bridgehead atoms. The van der Waals surface area contributed by atoms with Crippen molar-refractivity contribution in [1.29, 1.82) is 0 Å². The minimum atomic E-state index is -1.01. The van der Waals surface area contributed by atoms with Crippen molar-refractivity contribution in [3.63, 3.8) is 0 Å². The number of carboxylic acids is 1. The molecule has 1 saturated heterocycles. The van der Waals surface area contributed by atoms with Crippen LogP contribution in [0, 0.1) is 0 Å². The Balaban J connectivity index is 2.43. The van der Waals surface area contributed by atoms with Gasteiger partial charge in [0.25, 0.3) is 0 Å². The predicted molar refractivity (Wildman–Crippen MR) is 70.9 cm³/mol. The minimum Gasteiger partial charge on any atom is -0.478 e. The average molecular weight is 249 g/mol. The van der Waals surface area contributed by atoms with E-state index < -0.39 is 5.97 Å². The van der Waals surface area contributed by atoms with Crippen LogP contribution in [0.5, 0.6) is 0 Å². The number of pyridine rings is 1. The number of carbonyl (C=O) groups is 1. The molecule has 98 valence electrons. The van der Waals surface area contributed by atoms with Crippen molar-refractivity contribution in [3.05, 3.63) is 17.8 Å². The van der Waals surface area contributed by atoms with Gasteiger partial charge in [-0.1, -0.05) is 0 Å². The number of rotatable bonds is 2. The highest BCUT2D eigenvalue weighted by Gasteiger charge is 2.28. The van der Waals surface area contributed by atoms with E-state index in [2.05, 4.69) is 23.7 Å². The van der Waals surface area contributed by atoms with Crippen LogP contribution in [0.3, 0.4) is 0 Å². The van der Waals surface area contributed by atoms with Gasteiger partial charge in [0.05, 0.1) is 11.3 Å². The Kier molecular flexibility index (Phi) is 3.41. The van der Waals surface area contributed by atoms with Crippen LogP contribution in [0.25, 0.3) is 0 Å². The fourth-order valence-electron chi connectivity index (χ4n) is 2.69.